The molecule has 0 spiro atoms. The van der Waals surface area contributed by atoms with Gasteiger partial charge in [-0.15, -0.1) is 0 Å². The van der Waals surface area contributed by atoms with Crippen LogP contribution >= 0.6 is 12.2 Å². The van der Waals surface area contributed by atoms with Gasteiger partial charge in [-0.25, -0.2) is 0 Å². The van der Waals surface area contributed by atoms with Gasteiger partial charge in [0.2, 0.25) is 5.89 Å². The summed E-state index contributed by atoms with van der Waals surface area (Å²) in [7, 11) is 1.61. The predicted molar refractivity (Wildman–Crippen MR) is 80.1 cm³/mol. The Kier molecular flexibility index (Phi) is 4.52. The second-order valence-electron chi connectivity index (χ2n) is 4.19. The predicted octanol–water partition coefficient (Wildman–Crippen LogP) is 1.68. The van der Waals surface area contributed by atoms with Crippen LogP contribution in [0.1, 0.15) is 17.3 Å². The number of nitrogens with zero attached hydrogens (tertiary/aromatic N) is 2. The third kappa shape index (κ3) is 3.45. The molecule has 0 aliphatic heterocycles. The number of benzene rings is 1. The average Bonchev–Trinajstić information content (AvgIpc) is 2.84. The third-order valence-corrected chi connectivity index (χ3v) is 2.94. The normalized spacial score (nSPS) is 10.3. The molecule has 7 heteroatoms. The monoisotopic (exact) mass is 292 g/mol. The van der Waals surface area contributed by atoms with Crippen LogP contribution in [0.25, 0.3) is 0 Å². The van der Waals surface area contributed by atoms with E-state index >= 15 is 0 Å². The first-order chi connectivity index (χ1) is 9.60. The van der Waals surface area contributed by atoms with Gasteiger partial charge >= 0.3 is 0 Å². The molecule has 0 fully saturated rings. The molecular formula is C13H16N4O2S. The zero-order valence-corrected chi connectivity index (χ0v) is 12.2. The van der Waals surface area contributed by atoms with Crippen molar-refractivity contribution in [2.75, 3.05) is 19.0 Å². The van der Waals surface area contributed by atoms with Crippen LogP contribution in [0, 0.1) is 6.92 Å². The van der Waals surface area contributed by atoms with Crippen LogP contribution < -0.4 is 15.8 Å². The van der Waals surface area contributed by atoms with Crippen molar-refractivity contribution in [1.29, 1.82) is 0 Å². The molecule has 1 aromatic carbocycles. The Labute approximate surface area is 122 Å². The van der Waals surface area contributed by atoms with E-state index in [9.17, 15) is 0 Å². The highest BCUT2D eigenvalue weighted by molar-refractivity contribution is 7.80. The Balaban J connectivity index is 2.05. The van der Waals surface area contributed by atoms with E-state index < -0.39 is 0 Å². The topological polar surface area (TPSA) is 86.2 Å². The molecule has 1 aromatic heterocycles. The first-order valence-corrected chi connectivity index (χ1v) is 6.52. The summed E-state index contributed by atoms with van der Waals surface area (Å²) in [6.07, 6.45) is 0.620. The van der Waals surface area contributed by atoms with Crippen LogP contribution in [0.5, 0.6) is 5.75 Å². The lowest BCUT2D eigenvalue weighted by Gasteiger charge is -2.12. The number of anilines is 1. The summed E-state index contributed by atoms with van der Waals surface area (Å²) in [5.74, 6) is 1.96. The first kappa shape index (κ1) is 14.3. The Bertz CT molecular complexity index is 612. The second kappa shape index (κ2) is 6.33. The summed E-state index contributed by atoms with van der Waals surface area (Å²) in [6, 6.07) is 5.51. The quantitative estimate of drug-likeness (QED) is 0.783. The molecule has 2 aromatic rings. The smallest absolute Gasteiger partial charge is 0.228 e. The van der Waals surface area contributed by atoms with Gasteiger partial charge in [-0.2, -0.15) is 4.98 Å². The number of aryl methyl sites for hydroxylation is 1. The summed E-state index contributed by atoms with van der Waals surface area (Å²) < 4.78 is 10.2. The van der Waals surface area contributed by atoms with Gasteiger partial charge < -0.3 is 20.3 Å². The summed E-state index contributed by atoms with van der Waals surface area (Å²) >= 11 is 5.03. The van der Waals surface area contributed by atoms with Crippen molar-refractivity contribution in [3.8, 4) is 5.75 Å². The lowest BCUT2D eigenvalue weighted by atomic mass is 10.1. The number of hydrogen-bond donors (Lipinski definition) is 2. The molecule has 6 nitrogen and oxygen atoms in total. The standard InChI is InChI=1S/C13H16N4O2S/c1-8-16-12(19-17-8)5-6-15-11-7-9(18-2)3-4-10(11)13(14)20/h3-4,7,15H,5-6H2,1-2H3,(H2,14,20). The molecule has 2 rings (SSSR count). The number of thiocarbonyl (C=S) groups is 1. The Morgan fingerprint density at radius 2 is 2.30 bits per heavy atom. The molecule has 1 heterocycles. The highest BCUT2D eigenvalue weighted by Gasteiger charge is 2.08. The van der Waals surface area contributed by atoms with Crippen LogP contribution in [0.15, 0.2) is 22.7 Å². The van der Waals surface area contributed by atoms with Crippen LogP contribution in [0.2, 0.25) is 0 Å². The number of ether oxygens (including phenoxy) is 1. The van der Waals surface area contributed by atoms with Crippen molar-refractivity contribution >= 4 is 22.9 Å². The minimum absolute atomic E-state index is 0.337. The summed E-state index contributed by atoms with van der Waals surface area (Å²) in [5, 5.41) is 6.99. The highest BCUT2D eigenvalue weighted by Crippen LogP contribution is 2.22. The summed E-state index contributed by atoms with van der Waals surface area (Å²) in [4.78, 5) is 4.48. The van der Waals surface area contributed by atoms with E-state index in [4.69, 9.17) is 27.2 Å². The molecule has 0 amide bonds. The van der Waals surface area contributed by atoms with Crippen molar-refractivity contribution < 1.29 is 9.26 Å². The van der Waals surface area contributed by atoms with Crippen LogP contribution in [0.4, 0.5) is 5.69 Å². The molecule has 20 heavy (non-hydrogen) atoms. The summed E-state index contributed by atoms with van der Waals surface area (Å²) in [6.45, 7) is 2.41. The van der Waals surface area contributed by atoms with Crippen LogP contribution in [0.3, 0.4) is 0 Å². The van der Waals surface area contributed by atoms with Gasteiger partial charge in [-0.05, 0) is 19.1 Å². The molecule has 0 atom stereocenters. The lowest BCUT2D eigenvalue weighted by molar-refractivity contribution is 0.377. The largest absolute Gasteiger partial charge is 0.497 e. The minimum atomic E-state index is 0.337. The Morgan fingerprint density at radius 1 is 1.50 bits per heavy atom. The molecule has 0 aliphatic rings. The number of rotatable bonds is 6. The number of nitrogens with one attached hydrogen (secondary N) is 1. The van der Waals surface area contributed by atoms with Crippen LogP contribution in [-0.4, -0.2) is 28.8 Å². The van der Waals surface area contributed by atoms with E-state index in [2.05, 4.69) is 15.5 Å². The Hall–Kier alpha value is -2.15. The van der Waals surface area contributed by atoms with Gasteiger partial charge in [0.25, 0.3) is 0 Å². The van der Waals surface area contributed by atoms with Crippen molar-refractivity contribution in [2.24, 2.45) is 5.73 Å². The lowest BCUT2D eigenvalue weighted by Crippen LogP contribution is -2.14. The van der Waals surface area contributed by atoms with E-state index in [1.165, 1.54) is 0 Å². The zero-order chi connectivity index (χ0) is 14.5. The second-order valence-corrected chi connectivity index (χ2v) is 4.63. The van der Waals surface area contributed by atoms with Gasteiger partial charge in [0.15, 0.2) is 5.82 Å². The molecule has 0 saturated heterocycles. The minimum Gasteiger partial charge on any atom is -0.497 e. The fourth-order valence-corrected chi connectivity index (χ4v) is 1.94. The van der Waals surface area contributed by atoms with Crippen molar-refractivity contribution in [1.82, 2.24) is 10.1 Å². The molecule has 0 saturated carbocycles. The highest BCUT2D eigenvalue weighted by atomic mass is 32.1. The van der Waals surface area contributed by atoms with Gasteiger partial charge in [0, 0.05) is 30.3 Å². The molecular weight excluding hydrogens is 276 g/mol. The van der Waals surface area contributed by atoms with Gasteiger partial charge in [0.05, 0.1) is 7.11 Å². The van der Waals surface area contributed by atoms with Crippen LogP contribution in [-0.2, 0) is 6.42 Å². The number of nitrogens with two attached hydrogens (primary N) is 1. The van der Waals surface area contributed by atoms with E-state index in [1.54, 1.807) is 14.0 Å². The summed E-state index contributed by atoms with van der Waals surface area (Å²) in [5.41, 5.74) is 7.31. The maximum atomic E-state index is 5.70. The SMILES string of the molecule is COc1ccc(C(N)=S)c(NCCc2nc(C)no2)c1. The molecule has 0 radical (unpaired) electrons. The number of hydrogen-bond acceptors (Lipinski definition) is 6. The maximum absolute atomic E-state index is 5.70. The molecule has 0 bridgehead atoms. The molecule has 3 N–H and O–H groups in total. The van der Waals surface area contributed by atoms with E-state index in [0.717, 1.165) is 17.0 Å². The fourth-order valence-electron chi connectivity index (χ4n) is 1.76. The van der Waals surface area contributed by atoms with E-state index in [1.807, 2.05) is 18.2 Å². The van der Waals surface area contributed by atoms with E-state index in [-0.39, 0.29) is 0 Å². The molecule has 0 unspecified atom stereocenters. The van der Waals surface area contributed by atoms with E-state index in [0.29, 0.717) is 29.7 Å². The number of methoxy groups -OCH3 is 1. The fraction of sp³-hybridized carbons (Fsp3) is 0.308. The third-order valence-electron chi connectivity index (χ3n) is 2.72. The van der Waals surface area contributed by atoms with Gasteiger partial charge in [0.1, 0.15) is 10.7 Å². The molecule has 0 aliphatic carbocycles. The van der Waals surface area contributed by atoms with Gasteiger partial charge in [-0.1, -0.05) is 17.4 Å². The molecule has 106 valence electrons. The average molecular weight is 292 g/mol. The first-order valence-electron chi connectivity index (χ1n) is 6.11. The van der Waals surface area contributed by atoms with Crippen molar-refractivity contribution in [3.05, 3.63) is 35.5 Å². The maximum Gasteiger partial charge on any atom is 0.228 e. The number of aromatic nitrogens is 2. The van der Waals surface area contributed by atoms with Crippen molar-refractivity contribution in [2.45, 2.75) is 13.3 Å². The van der Waals surface area contributed by atoms with Gasteiger partial charge in [-0.3, -0.25) is 0 Å². The zero-order valence-electron chi connectivity index (χ0n) is 11.3. The Morgan fingerprint density at radius 3 is 2.90 bits per heavy atom. The van der Waals surface area contributed by atoms with Crippen molar-refractivity contribution in [3.63, 3.8) is 0 Å².